The van der Waals surface area contributed by atoms with Crippen molar-refractivity contribution in [2.75, 3.05) is 11.5 Å². The predicted octanol–water partition coefficient (Wildman–Crippen LogP) is -0.296. The van der Waals surface area contributed by atoms with Gasteiger partial charge >= 0.3 is 0 Å². The van der Waals surface area contributed by atoms with E-state index in [1.807, 2.05) is 0 Å². The molecule has 0 radical (unpaired) electrons. The highest BCUT2D eigenvalue weighted by Gasteiger charge is 2.21. The van der Waals surface area contributed by atoms with Crippen LogP contribution in [0.2, 0.25) is 0 Å². The lowest BCUT2D eigenvalue weighted by Gasteiger charge is -2.15. The first-order valence-corrected chi connectivity index (χ1v) is 7.87. The molecule has 0 fully saturated rings. The topological polar surface area (TPSA) is 119 Å². The van der Waals surface area contributed by atoms with Gasteiger partial charge in [0.15, 0.2) is 9.84 Å². The molecule has 1 aromatic rings. The average molecular weight is 302 g/mol. The molecular formula is C12H18N2O5S. The minimum absolute atomic E-state index is 0.0595. The third-order valence-corrected chi connectivity index (χ3v) is 4.98. The number of nitrogens with zero attached hydrogens (tertiary/aromatic N) is 1. The number of hydrogen-bond donors (Lipinski definition) is 2. The molecule has 7 nitrogen and oxygen atoms in total. The Labute approximate surface area is 116 Å². The van der Waals surface area contributed by atoms with Gasteiger partial charge in [0.25, 0.3) is 11.5 Å². The third kappa shape index (κ3) is 3.01. The highest BCUT2D eigenvalue weighted by atomic mass is 32.2. The molecule has 0 bridgehead atoms. The Morgan fingerprint density at radius 2 is 1.85 bits per heavy atom. The summed E-state index contributed by atoms with van der Waals surface area (Å²) in [4.78, 5) is 23.4. The Bertz CT molecular complexity index is 704. The molecule has 0 aromatic carbocycles. The lowest BCUT2D eigenvalue weighted by Crippen LogP contribution is -2.30. The van der Waals surface area contributed by atoms with E-state index >= 15 is 0 Å². The smallest absolute Gasteiger partial charge is 0.256 e. The van der Waals surface area contributed by atoms with E-state index in [1.165, 1.54) is 20.8 Å². The van der Waals surface area contributed by atoms with E-state index in [9.17, 15) is 23.1 Å². The lowest BCUT2D eigenvalue weighted by molar-refractivity contribution is 0.0995. The van der Waals surface area contributed by atoms with Gasteiger partial charge in [-0.1, -0.05) is 6.92 Å². The molecule has 0 unspecified atom stereocenters. The Morgan fingerprint density at radius 3 is 2.30 bits per heavy atom. The van der Waals surface area contributed by atoms with Gasteiger partial charge in [-0.2, -0.15) is 0 Å². The zero-order valence-corrected chi connectivity index (χ0v) is 12.5. The summed E-state index contributed by atoms with van der Waals surface area (Å²) in [6, 6.07) is 0. The zero-order chi connectivity index (χ0) is 15.7. The second-order valence-corrected chi connectivity index (χ2v) is 6.98. The van der Waals surface area contributed by atoms with E-state index < -0.39 is 27.2 Å². The maximum absolute atomic E-state index is 12.0. The molecule has 0 spiro atoms. The normalized spacial score (nSPS) is 11.6. The SMILES string of the molecule is CCS(=O)(=O)CCn1c(O)c(C(N)=O)c(C)c(C)c1=O. The molecule has 1 amide bonds. The van der Waals surface area contributed by atoms with Crippen LogP contribution < -0.4 is 11.3 Å². The molecule has 1 aromatic heterocycles. The number of hydrogen-bond acceptors (Lipinski definition) is 5. The fraction of sp³-hybridized carbons (Fsp3) is 0.500. The standard InChI is InChI=1S/C12H18N2O5S/c1-4-20(18,19)6-5-14-11(16)8(3)7(2)9(10(13)15)12(14)17/h17H,4-6H2,1-3H3,(H2,13,15). The number of primary amides is 1. The fourth-order valence-corrected chi connectivity index (χ4v) is 2.58. The van der Waals surface area contributed by atoms with Gasteiger partial charge in [-0.25, -0.2) is 8.42 Å². The van der Waals surface area contributed by atoms with Gasteiger partial charge in [0.2, 0.25) is 5.88 Å². The molecule has 0 saturated carbocycles. The first kappa shape index (κ1) is 16.2. The van der Waals surface area contributed by atoms with Crippen molar-refractivity contribution in [3.63, 3.8) is 0 Å². The van der Waals surface area contributed by atoms with Crippen molar-refractivity contribution in [3.8, 4) is 5.88 Å². The van der Waals surface area contributed by atoms with E-state index in [4.69, 9.17) is 5.73 Å². The monoisotopic (exact) mass is 302 g/mol. The maximum Gasteiger partial charge on any atom is 0.256 e. The summed E-state index contributed by atoms with van der Waals surface area (Å²) in [7, 11) is -3.29. The van der Waals surface area contributed by atoms with Crippen molar-refractivity contribution >= 4 is 15.7 Å². The Balaban J connectivity index is 3.41. The van der Waals surface area contributed by atoms with Crippen molar-refractivity contribution < 1.29 is 18.3 Å². The van der Waals surface area contributed by atoms with Crippen molar-refractivity contribution in [2.24, 2.45) is 5.73 Å². The van der Waals surface area contributed by atoms with Gasteiger partial charge in [-0.3, -0.25) is 14.2 Å². The van der Waals surface area contributed by atoms with Crippen LogP contribution in [0.25, 0.3) is 0 Å². The summed E-state index contributed by atoms with van der Waals surface area (Å²) in [6.45, 7) is 4.27. The van der Waals surface area contributed by atoms with E-state index in [2.05, 4.69) is 0 Å². The fourth-order valence-electron chi connectivity index (χ4n) is 1.83. The summed E-state index contributed by atoms with van der Waals surface area (Å²) < 4.78 is 23.8. The van der Waals surface area contributed by atoms with Gasteiger partial charge in [0, 0.05) is 17.9 Å². The summed E-state index contributed by atoms with van der Waals surface area (Å²) in [6.07, 6.45) is 0. The van der Waals surface area contributed by atoms with Gasteiger partial charge in [0.1, 0.15) is 5.56 Å². The number of carbonyl (C=O) groups is 1. The quantitative estimate of drug-likeness (QED) is 0.774. The molecule has 8 heteroatoms. The predicted molar refractivity (Wildman–Crippen MR) is 74.7 cm³/mol. The molecule has 0 atom stereocenters. The molecule has 0 aliphatic carbocycles. The molecule has 1 heterocycles. The molecule has 3 N–H and O–H groups in total. The molecular weight excluding hydrogens is 284 g/mol. The highest BCUT2D eigenvalue weighted by Crippen LogP contribution is 2.20. The number of rotatable bonds is 5. The molecule has 0 saturated heterocycles. The molecule has 20 heavy (non-hydrogen) atoms. The van der Waals surface area contributed by atoms with Crippen molar-refractivity contribution in [1.29, 1.82) is 0 Å². The van der Waals surface area contributed by atoms with Crippen LogP contribution in [-0.4, -0.2) is 35.5 Å². The largest absolute Gasteiger partial charge is 0.494 e. The number of pyridine rings is 1. The van der Waals surface area contributed by atoms with Crippen LogP contribution in [0, 0.1) is 13.8 Å². The maximum atomic E-state index is 12.0. The summed E-state index contributed by atoms with van der Waals surface area (Å²) in [5, 5.41) is 9.98. The Morgan fingerprint density at radius 1 is 1.30 bits per heavy atom. The van der Waals surface area contributed by atoms with E-state index in [0.29, 0.717) is 5.56 Å². The van der Waals surface area contributed by atoms with E-state index in [0.717, 1.165) is 4.57 Å². The van der Waals surface area contributed by atoms with Gasteiger partial charge in [-0.15, -0.1) is 0 Å². The Kier molecular flexibility index (Phi) is 4.59. The highest BCUT2D eigenvalue weighted by molar-refractivity contribution is 7.91. The second kappa shape index (κ2) is 5.66. The first-order valence-electron chi connectivity index (χ1n) is 6.05. The number of aromatic hydroxyl groups is 1. The van der Waals surface area contributed by atoms with Crippen molar-refractivity contribution in [1.82, 2.24) is 4.57 Å². The summed E-state index contributed by atoms with van der Waals surface area (Å²) in [5.41, 5.74) is 5.05. The molecule has 112 valence electrons. The number of carbonyl (C=O) groups excluding carboxylic acids is 1. The number of aromatic nitrogens is 1. The van der Waals surface area contributed by atoms with Crippen LogP contribution >= 0.6 is 0 Å². The molecule has 0 aliphatic rings. The third-order valence-electron chi connectivity index (χ3n) is 3.29. The Hall–Kier alpha value is -1.83. The first-order chi connectivity index (χ1) is 9.12. The van der Waals surface area contributed by atoms with E-state index in [-0.39, 0.29) is 29.2 Å². The number of amides is 1. The van der Waals surface area contributed by atoms with Gasteiger partial charge < -0.3 is 10.8 Å². The minimum atomic E-state index is -3.29. The minimum Gasteiger partial charge on any atom is -0.494 e. The van der Waals surface area contributed by atoms with Crippen LogP contribution in [-0.2, 0) is 16.4 Å². The lowest BCUT2D eigenvalue weighted by atomic mass is 10.1. The number of sulfone groups is 1. The van der Waals surface area contributed by atoms with E-state index in [1.54, 1.807) is 0 Å². The number of nitrogens with two attached hydrogens (primary N) is 1. The molecule has 0 aliphatic heterocycles. The zero-order valence-electron chi connectivity index (χ0n) is 11.6. The van der Waals surface area contributed by atoms with Crippen LogP contribution in [0.4, 0.5) is 0 Å². The molecule has 1 rings (SSSR count). The second-order valence-electron chi connectivity index (χ2n) is 4.51. The van der Waals surface area contributed by atoms with Crippen LogP contribution in [0.3, 0.4) is 0 Å². The van der Waals surface area contributed by atoms with Crippen LogP contribution in [0.15, 0.2) is 4.79 Å². The van der Waals surface area contributed by atoms with Crippen LogP contribution in [0.5, 0.6) is 5.88 Å². The van der Waals surface area contributed by atoms with Crippen molar-refractivity contribution in [3.05, 3.63) is 27.0 Å². The summed E-state index contributed by atoms with van der Waals surface area (Å²) in [5.74, 6) is -1.81. The van der Waals surface area contributed by atoms with Crippen LogP contribution in [0.1, 0.15) is 28.4 Å². The summed E-state index contributed by atoms with van der Waals surface area (Å²) >= 11 is 0. The van der Waals surface area contributed by atoms with Crippen molar-refractivity contribution in [2.45, 2.75) is 27.3 Å². The van der Waals surface area contributed by atoms with Gasteiger partial charge in [-0.05, 0) is 19.4 Å². The average Bonchev–Trinajstić information content (AvgIpc) is 2.35. The van der Waals surface area contributed by atoms with Gasteiger partial charge in [0.05, 0.1) is 5.75 Å².